The Morgan fingerprint density at radius 3 is 2.11 bits per heavy atom. The van der Waals surface area contributed by atoms with Crippen molar-refractivity contribution >= 4 is 12.1 Å². The predicted molar refractivity (Wildman–Crippen MR) is 94.4 cm³/mol. The van der Waals surface area contributed by atoms with Gasteiger partial charge in [0.05, 0.1) is 22.8 Å². The molecule has 0 spiro atoms. The van der Waals surface area contributed by atoms with E-state index in [4.69, 9.17) is 14.7 Å². The number of carbonyl (C=O) groups is 2. The van der Waals surface area contributed by atoms with E-state index < -0.39 is 52.7 Å². The summed E-state index contributed by atoms with van der Waals surface area (Å²) < 4.78 is 50.9. The Morgan fingerprint density at radius 1 is 1.11 bits per heavy atom. The number of alkyl halides is 3. The summed E-state index contributed by atoms with van der Waals surface area (Å²) in [6.45, 7) is 8.99. The first kappa shape index (κ1) is 23.3. The summed E-state index contributed by atoms with van der Waals surface area (Å²) in [4.78, 5) is 24.3. The first-order valence-electron chi connectivity index (χ1n) is 8.36. The van der Waals surface area contributed by atoms with E-state index in [1.807, 2.05) is 0 Å². The van der Waals surface area contributed by atoms with Crippen molar-refractivity contribution in [2.24, 2.45) is 0 Å². The molecule has 0 radical (unpaired) electrons. The molecule has 0 atom stereocenters. The average molecular weight is 400 g/mol. The molecule has 28 heavy (non-hydrogen) atoms. The summed E-state index contributed by atoms with van der Waals surface area (Å²) in [5.41, 5.74) is -4.88. The van der Waals surface area contributed by atoms with Gasteiger partial charge in [0.15, 0.2) is 0 Å². The monoisotopic (exact) mass is 400 g/mol. The molecule has 0 aromatic heterocycles. The number of nitriles is 1. The Hall–Kier alpha value is -2.76. The van der Waals surface area contributed by atoms with Crippen molar-refractivity contribution in [1.29, 1.82) is 5.26 Å². The van der Waals surface area contributed by atoms with Crippen LogP contribution in [0.5, 0.6) is 0 Å². The van der Waals surface area contributed by atoms with Crippen LogP contribution in [0, 0.1) is 11.3 Å². The normalized spacial score (nSPS) is 12.1. The molecule has 1 aromatic carbocycles. The zero-order valence-corrected chi connectivity index (χ0v) is 16.6. The molecule has 0 heterocycles. The number of rotatable bonds is 3. The quantitative estimate of drug-likeness (QED) is 0.752. The zero-order valence-electron chi connectivity index (χ0n) is 16.6. The number of benzene rings is 1. The first-order chi connectivity index (χ1) is 12.5. The van der Waals surface area contributed by atoms with Gasteiger partial charge in [-0.2, -0.15) is 18.4 Å². The van der Waals surface area contributed by atoms with Crippen LogP contribution in [-0.2, 0) is 22.3 Å². The zero-order chi connectivity index (χ0) is 21.9. The minimum Gasteiger partial charge on any atom is -0.456 e. The van der Waals surface area contributed by atoms with Gasteiger partial charge in [0.1, 0.15) is 12.2 Å². The second-order valence-electron chi connectivity index (χ2n) is 8.08. The van der Waals surface area contributed by atoms with Crippen molar-refractivity contribution in [3.8, 4) is 6.07 Å². The molecule has 0 saturated heterocycles. The van der Waals surface area contributed by atoms with Crippen LogP contribution in [-0.4, -0.2) is 23.2 Å². The fraction of sp³-hybridized carbons (Fsp3) is 0.526. The van der Waals surface area contributed by atoms with Crippen molar-refractivity contribution in [2.45, 2.75) is 65.5 Å². The molecule has 0 unspecified atom stereocenters. The van der Waals surface area contributed by atoms with Gasteiger partial charge >= 0.3 is 18.2 Å². The van der Waals surface area contributed by atoms with Crippen molar-refractivity contribution in [1.82, 2.24) is 5.32 Å². The lowest BCUT2D eigenvalue weighted by Crippen LogP contribution is -2.40. The number of nitrogens with one attached hydrogen (secondary N) is 1. The second kappa shape index (κ2) is 8.09. The SMILES string of the molecule is CC(C)(C)NC(=O)OCc1ccc(C#N)c(C(F)(F)F)c1C(=O)OC(C)(C)C. The van der Waals surface area contributed by atoms with Gasteiger partial charge in [-0.1, -0.05) is 6.07 Å². The first-order valence-corrected chi connectivity index (χ1v) is 8.36. The summed E-state index contributed by atoms with van der Waals surface area (Å²) in [5, 5.41) is 11.6. The Morgan fingerprint density at radius 2 is 1.68 bits per heavy atom. The highest BCUT2D eigenvalue weighted by Crippen LogP contribution is 2.37. The van der Waals surface area contributed by atoms with Gasteiger partial charge in [0, 0.05) is 11.1 Å². The fourth-order valence-electron chi connectivity index (χ4n) is 2.20. The maximum Gasteiger partial charge on any atom is 0.418 e. The standard InChI is InChI=1S/C19H23F3N2O4/c1-17(2,3)24-16(26)27-10-12-8-7-11(9-23)14(19(20,21)22)13(12)15(25)28-18(4,5)6/h7-8H,10H2,1-6H3,(H,24,26). The smallest absolute Gasteiger partial charge is 0.418 e. The average Bonchev–Trinajstić information content (AvgIpc) is 2.47. The molecular weight excluding hydrogens is 377 g/mol. The Kier molecular flexibility index (Phi) is 6.72. The molecule has 1 aromatic rings. The number of carbonyl (C=O) groups excluding carboxylic acids is 2. The molecule has 0 saturated carbocycles. The Bertz CT molecular complexity index is 798. The summed E-state index contributed by atoms with van der Waals surface area (Å²) in [5.74, 6) is -1.26. The Balaban J connectivity index is 3.42. The lowest BCUT2D eigenvalue weighted by molar-refractivity contribution is -0.138. The van der Waals surface area contributed by atoms with E-state index in [1.165, 1.54) is 26.8 Å². The van der Waals surface area contributed by atoms with Crippen LogP contribution in [0.3, 0.4) is 0 Å². The van der Waals surface area contributed by atoms with E-state index in [1.54, 1.807) is 20.8 Å². The number of alkyl carbamates (subject to hydrolysis) is 1. The van der Waals surface area contributed by atoms with Crippen molar-refractivity contribution in [3.05, 3.63) is 34.4 Å². The highest BCUT2D eigenvalue weighted by Gasteiger charge is 2.41. The molecule has 0 bridgehead atoms. The van der Waals surface area contributed by atoms with Gasteiger partial charge in [0.25, 0.3) is 0 Å². The summed E-state index contributed by atoms with van der Waals surface area (Å²) in [6, 6.07) is 3.50. The van der Waals surface area contributed by atoms with Crippen LogP contribution in [0.2, 0.25) is 0 Å². The van der Waals surface area contributed by atoms with Crippen LogP contribution in [0.4, 0.5) is 18.0 Å². The van der Waals surface area contributed by atoms with Crippen molar-refractivity contribution in [2.75, 3.05) is 0 Å². The summed E-state index contributed by atoms with van der Waals surface area (Å²) in [6.07, 6.45) is -5.85. The highest BCUT2D eigenvalue weighted by atomic mass is 19.4. The molecule has 0 aliphatic rings. The number of ether oxygens (including phenoxy) is 2. The van der Waals surface area contributed by atoms with Crippen LogP contribution < -0.4 is 5.32 Å². The minimum absolute atomic E-state index is 0.218. The van der Waals surface area contributed by atoms with Crippen LogP contribution in [0.15, 0.2) is 12.1 Å². The summed E-state index contributed by atoms with van der Waals surface area (Å²) >= 11 is 0. The maximum atomic E-state index is 13.6. The molecule has 1 rings (SSSR count). The van der Waals surface area contributed by atoms with Crippen molar-refractivity contribution in [3.63, 3.8) is 0 Å². The van der Waals surface area contributed by atoms with Crippen LogP contribution in [0.25, 0.3) is 0 Å². The van der Waals surface area contributed by atoms with Gasteiger partial charge in [-0.05, 0) is 47.6 Å². The topological polar surface area (TPSA) is 88.4 Å². The van der Waals surface area contributed by atoms with E-state index in [9.17, 15) is 22.8 Å². The van der Waals surface area contributed by atoms with Gasteiger partial charge < -0.3 is 14.8 Å². The Labute approximate surface area is 161 Å². The molecule has 1 amide bonds. The number of halogens is 3. The molecule has 1 N–H and O–H groups in total. The number of hydrogen-bond acceptors (Lipinski definition) is 5. The number of amides is 1. The van der Waals surface area contributed by atoms with E-state index in [-0.39, 0.29) is 5.56 Å². The molecule has 0 aliphatic carbocycles. The van der Waals surface area contributed by atoms with E-state index in [0.29, 0.717) is 0 Å². The number of hydrogen-bond donors (Lipinski definition) is 1. The van der Waals surface area contributed by atoms with Gasteiger partial charge in [0.2, 0.25) is 0 Å². The third-order valence-electron chi connectivity index (χ3n) is 3.13. The van der Waals surface area contributed by atoms with Crippen LogP contribution in [0.1, 0.15) is 68.6 Å². The molecule has 6 nitrogen and oxygen atoms in total. The number of nitrogens with zero attached hydrogens (tertiary/aromatic N) is 1. The number of esters is 1. The van der Waals surface area contributed by atoms with Gasteiger partial charge in [-0.25, -0.2) is 9.59 Å². The summed E-state index contributed by atoms with van der Waals surface area (Å²) in [7, 11) is 0. The van der Waals surface area contributed by atoms with Crippen LogP contribution >= 0.6 is 0 Å². The largest absolute Gasteiger partial charge is 0.456 e. The fourth-order valence-corrected chi connectivity index (χ4v) is 2.20. The van der Waals surface area contributed by atoms with E-state index in [2.05, 4.69) is 5.32 Å². The lowest BCUT2D eigenvalue weighted by atomic mass is 9.95. The van der Waals surface area contributed by atoms with E-state index >= 15 is 0 Å². The second-order valence-corrected chi connectivity index (χ2v) is 8.08. The van der Waals surface area contributed by atoms with Crippen molar-refractivity contribution < 1.29 is 32.2 Å². The van der Waals surface area contributed by atoms with E-state index in [0.717, 1.165) is 12.1 Å². The molecule has 9 heteroatoms. The molecule has 154 valence electrons. The third kappa shape index (κ3) is 6.76. The molecule has 0 fully saturated rings. The molecule has 0 aliphatic heterocycles. The predicted octanol–water partition coefficient (Wildman–Crippen LogP) is 4.56. The highest BCUT2D eigenvalue weighted by molar-refractivity contribution is 5.94. The lowest BCUT2D eigenvalue weighted by Gasteiger charge is -2.24. The third-order valence-corrected chi connectivity index (χ3v) is 3.13. The van der Waals surface area contributed by atoms with Gasteiger partial charge in [-0.3, -0.25) is 0 Å². The maximum absolute atomic E-state index is 13.6. The molecular formula is C19H23F3N2O4. The van der Waals surface area contributed by atoms with Gasteiger partial charge in [-0.15, -0.1) is 0 Å². The minimum atomic E-state index is -4.99.